The highest BCUT2D eigenvalue weighted by atomic mass is 19.4. The number of carbonyl (C=O) groups is 1. The molecule has 0 aliphatic carbocycles. The predicted octanol–water partition coefficient (Wildman–Crippen LogP) is 5.98. The standard InChI is InChI=1S/C27H25F3N2O3/c1-34-20-11-12-23-21(15-20)22(16-31-23)24(13-17-7-4-3-5-8-17)32-25(26(33)35-2)18-9-6-10-19(14-18)27(28,29)30/h3-12,14-16,24-25,31-32H,13H2,1-2H3. The van der Waals surface area contributed by atoms with Crippen LogP contribution in [0.1, 0.15) is 34.3 Å². The van der Waals surface area contributed by atoms with Crippen molar-refractivity contribution in [2.24, 2.45) is 0 Å². The maximum atomic E-state index is 13.4. The van der Waals surface area contributed by atoms with E-state index in [1.807, 2.05) is 54.7 Å². The Bertz CT molecular complexity index is 1300. The Kier molecular flexibility index (Phi) is 7.12. The monoisotopic (exact) mass is 482 g/mol. The van der Waals surface area contributed by atoms with Gasteiger partial charge in [0.2, 0.25) is 0 Å². The van der Waals surface area contributed by atoms with Crippen LogP contribution in [0.3, 0.4) is 0 Å². The Labute approximate surface area is 200 Å². The second-order valence-corrected chi connectivity index (χ2v) is 8.14. The summed E-state index contributed by atoms with van der Waals surface area (Å²) >= 11 is 0. The number of benzene rings is 3. The molecule has 0 saturated carbocycles. The minimum atomic E-state index is -4.53. The number of rotatable bonds is 8. The summed E-state index contributed by atoms with van der Waals surface area (Å²) in [6.45, 7) is 0. The molecular weight excluding hydrogens is 457 g/mol. The van der Waals surface area contributed by atoms with E-state index in [0.29, 0.717) is 12.2 Å². The lowest BCUT2D eigenvalue weighted by atomic mass is 9.95. The molecule has 0 spiro atoms. The first kappa shape index (κ1) is 24.3. The summed E-state index contributed by atoms with van der Waals surface area (Å²) in [4.78, 5) is 16.0. The second-order valence-electron chi connectivity index (χ2n) is 8.14. The Morgan fingerprint density at radius 2 is 1.77 bits per heavy atom. The van der Waals surface area contributed by atoms with E-state index in [0.717, 1.165) is 34.2 Å². The molecule has 182 valence electrons. The number of H-pyrrole nitrogens is 1. The van der Waals surface area contributed by atoms with Crippen molar-refractivity contribution in [3.05, 3.63) is 101 Å². The van der Waals surface area contributed by atoms with Gasteiger partial charge in [-0.25, -0.2) is 4.79 Å². The molecule has 1 heterocycles. The number of esters is 1. The molecular formula is C27H25F3N2O3. The highest BCUT2D eigenvalue weighted by Gasteiger charge is 2.33. The second kappa shape index (κ2) is 10.2. The number of hydrogen-bond acceptors (Lipinski definition) is 4. The minimum absolute atomic E-state index is 0.169. The topological polar surface area (TPSA) is 63.3 Å². The highest BCUT2D eigenvalue weighted by Crippen LogP contribution is 2.34. The van der Waals surface area contributed by atoms with Crippen molar-refractivity contribution in [1.29, 1.82) is 0 Å². The lowest BCUT2D eigenvalue weighted by molar-refractivity contribution is -0.144. The zero-order chi connectivity index (χ0) is 25.0. The van der Waals surface area contributed by atoms with Crippen LogP contribution in [0.2, 0.25) is 0 Å². The van der Waals surface area contributed by atoms with E-state index in [4.69, 9.17) is 9.47 Å². The first-order valence-electron chi connectivity index (χ1n) is 11.0. The van der Waals surface area contributed by atoms with Crippen molar-refractivity contribution < 1.29 is 27.4 Å². The van der Waals surface area contributed by atoms with Crippen LogP contribution in [0, 0.1) is 0 Å². The van der Waals surface area contributed by atoms with Crippen molar-refractivity contribution in [2.45, 2.75) is 24.7 Å². The fourth-order valence-corrected chi connectivity index (χ4v) is 4.16. The number of nitrogens with one attached hydrogen (secondary N) is 2. The number of fused-ring (bicyclic) bond motifs is 1. The number of ether oxygens (including phenoxy) is 2. The number of carbonyl (C=O) groups excluding carboxylic acids is 1. The molecule has 2 unspecified atom stereocenters. The van der Waals surface area contributed by atoms with Crippen molar-refractivity contribution >= 4 is 16.9 Å². The molecule has 2 atom stereocenters. The number of methoxy groups -OCH3 is 2. The molecule has 4 aromatic rings. The van der Waals surface area contributed by atoms with Crippen LogP contribution < -0.4 is 10.1 Å². The van der Waals surface area contributed by atoms with E-state index < -0.39 is 29.8 Å². The Balaban J connectivity index is 1.78. The minimum Gasteiger partial charge on any atom is -0.497 e. The third-order valence-corrected chi connectivity index (χ3v) is 5.93. The molecule has 3 aromatic carbocycles. The maximum Gasteiger partial charge on any atom is 0.416 e. The van der Waals surface area contributed by atoms with E-state index in [9.17, 15) is 18.0 Å². The zero-order valence-electron chi connectivity index (χ0n) is 19.2. The predicted molar refractivity (Wildman–Crippen MR) is 127 cm³/mol. The number of aromatic amines is 1. The van der Waals surface area contributed by atoms with Gasteiger partial charge in [0.15, 0.2) is 0 Å². The van der Waals surface area contributed by atoms with Gasteiger partial charge in [-0.2, -0.15) is 13.2 Å². The van der Waals surface area contributed by atoms with E-state index >= 15 is 0 Å². The summed E-state index contributed by atoms with van der Waals surface area (Å²) in [6, 6.07) is 18.4. The summed E-state index contributed by atoms with van der Waals surface area (Å²) in [5, 5.41) is 4.16. The van der Waals surface area contributed by atoms with Crippen molar-refractivity contribution in [1.82, 2.24) is 10.3 Å². The molecule has 4 rings (SSSR count). The normalized spacial score (nSPS) is 13.4. The van der Waals surface area contributed by atoms with Crippen LogP contribution in [0.5, 0.6) is 5.75 Å². The SMILES string of the molecule is COC(=O)C(NC(Cc1ccccc1)c1c[nH]c2ccc(OC)cc12)c1cccc(C(F)(F)F)c1. The molecule has 0 aliphatic rings. The van der Waals surface area contributed by atoms with Crippen LogP contribution in [0.15, 0.2) is 79.0 Å². The summed E-state index contributed by atoms with van der Waals surface area (Å²) in [5.74, 6) is -0.0148. The van der Waals surface area contributed by atoms with E-state index in [2.05, 4.69) is 10.3 Å². The fraction of sp³-hybridized carbons (Fsp3) is 0.222. The summed E-state index contributed by atoms with van der Waals surface area (Å²) in [7, 11) is 2.79. The highest BCUT2D eigenvalue weighted by molar-refractivity contribution is 5.85. The van der Waals surface area contributed by atoms with E-state index in [1.54, 1.807) is 7.11 Å². The van der Waals surface area contributed by atoms with Gasteiger partial charge in [-0.1, -0.05) is 42.5 Å². The van der Waals surface area contributed by atoms with Crippen molar-refractivity contribution in [3.63, 3.8) is 0 Å². The first-order valence-corrected chi connectivity index (χ1v) is 11.0. The largest absolute Gasteiger partial charge is 0.497 e. The van der Waals surface area contributed by atoms with Gasteiger partial charge in [-0.15, -0.1) is 0 Å². The molecule has 2 N–H and O–H groups in total. The number of aromatic nitrogens is 1. The fourth-order valence-electron chi connectivity index (χ4n) is 4.16. The molecule has 0 fully saturated rings. The van der Waals surface area contributed by atoms with Gasteiger partial charge in [-0.05, 0) is 53.4 Å². The van der Waals surface area contributed by atoms with Gasteiger partial charge >= 0.3 is 12.1 Å². The molecule has 0 aliphatic heterocycles. The van der Waals surface area contributed by atoms with E-state index in [1.165, 1.54) is 19.2 Å². The summed E-state index contributed by atoms with van der Waals surface area (Å²) < 4.78 is 50.5. The van der Waals surface area contributed by atoms with Gasteiger partial charge < -0.3 is 14.5 Å². The molecule has 8 heteroatoms. The van der Waals surface area contributed by atoms with Gasteiger partial charge in [0.05, 0.1) is 19.8 Å². The van der Waals surface area contributed by atoms with Crippen LogP contribution in [-0.2, 0) is 22.1 Å². The van der Waals surface area contributed by atoms with E-state index in [-0.39, 0.29) is 5.56 Å². The van der Waals surface area contributed by atoms with Crippen molar-refractivity contribution in [3.8, 4) is 5.75 Å². The Morgan fingerprint density at radius 3 is 2.46 bits per heavy atom. The molecule has 5 nitrogen and oxygen atoms in total. The number of halogens is 3. The van der Waals surface area contributed by atoms with Crippen LogP contribution >= 0.6 is 0 Å². The molecule has 35 heavy (non-hydrogen) atoms. The third kappa shape index (κ3) is 5.49. The summed E-state index contributed by atoms with van der Waals surface area (Å²) in [5.41, 5.74) is 2.05. The van der Waals surface area contributed by atoms with Gasteiger partial charge in [0.25, 0.3) is 0 Å². The average Bonchev–Trinajstić information content (AvgIpc) is 3.29. The summed E-state index contributed by atoms with van der Waals surface area (Å²) in [6.07, 6.45) is -2.21. The van der Waals surface area contributed by atoms with Crippen LogP contribution in [-0.4, -0.2) is 25.2 Å². The quantitative estimate of drug-likeness (QED) is 0.303. The van der Waals surface area contributed by atoms with Crippen molar-refractivity contribution in [2.75, 3.05) is 14.2 Å². The maximum absolute atomic E-state index is 13.4. The first-order chi connectivity index (χ1) is 16.8. The molecule has 0 radical (unpaired) electrons. The number of alkyl halides is 3. The lowest BCUT2D eigenvalue weighted by Crippen LogP contribution is -2.34. The number of hydrogen-bond donors (Lipinski definition) is 2. The smallest absolute Gasteiger partial charge is 0.416 e. The Hall–Kier alpha value is -3.78. The van der Waals surface area contributed by atoms with Crippen LogP contribution in [0.25, 0.3) is 10.9 Å². The van der Waals surface area contributed by atoms with Gasteiger partial charge in [-0.3, -0.25) is 5.32 Å². The van der Waals surface area contributed by atoms with Gasteiger partial charge in [0, 0.05) is 23.1 Å². The average molecular weight is 483 g/mol. The lowest BCUT2D eigenvalue weighted by Gasteiger charge is -2.25. The van der Waals surface area contributed by atoms with Crippen LogP contribution in [0.4, 0.5) is 13.2 Å². The zero-order valence-corrected chi connectivity index (χ0v) is 19.2. The molecule has 0 bridgehead atoms. The molecule has 1 aromatic heterocycles. The molecule has 0 amide bonds. The molecule has 0 saturated heterocycles. The Morgan fingerprint density at radius 1 is 1.00 bits per heavy atom. The third-order valence-electron chi connectivity index (χ3n) is 5.93. The van der Waals surface area contributed by atoms with Gasteiger partial charge in [0.1, 0.15) is 11.8 Å².